The predicted octanol–water partition coefficient (Wildman–Crippen LogP) is 4.60. The largest absolute Gasteiger partial charge is 0.385 e. The van der Waals surface area contributed by atoms with Crippen molar-refractivity contribution in [3.05, 3.63) is 69.2 Å². The molecule has 1 saturated heterocycles. The van der Waals surface area contributed by atoms with Gasteiger partial charge in [0, 0.05) is 12.2 Å². The van der Waals surface area contributed by atoms with E-state index in [1.807, 2.05) is 16.9 Å². The molecule has 1 aromatic carbocycles. The topological polar surface area (TPSA) is 138 Å². The van der Waals surface area contributed by atoms with E-state index in [0.29, 0.717) is 22.5 Å². The number of fused-ring (bicyclic) bond motifs is 1. The molecule has 1 aliphatic rings. The van der Waals surface area contributed by atoms with Gasteiger partial charge in [0.05, 0.1) is 27.1 Å². The van der Waals surface area contributed by atoms with Crippen LogP contribution in [0.4, 0.5) is 16.2 Å². The van der Waals surface area contributed by atoms with Gasteiger partial charge in [-0.05, 0) is 88.3 Å². The number of thiophene rings is 1. The standard InChI is InChI=1S/C27H30ClN7O4S2/c1-18-31-22-16-19(29-12-5-15-34-13-3-2-4-14-34)6-8-21(22)26(36)35(18)24-10-7-20(17-30-24)32-27(37)33-41(38,39)25-11-9-23(28)40-25/h6-11,16-17,29H,2-5,12-15H2,1H3,(H2,32,33,37). The SMILES string of the molecule is Cc1nc2cc(NCCCN3CCCCC3)ccc2c(=O)n1-c1ccc(NC(=O)NS(=O)(=O)c2ccc(Cl)s2)cn1. The van der Waals surface area contributed by atoms with Gasteiger partial charge in [-0.25, -0.2) is 32.5 Å². The first-order chi connectivity index (χ1) is 19.7. The lowest BCUT2D eigenvalue weighted by Crippen LogP contribution is -2.34. The van der Waals surface area contributed by atoms with Gasteiger partial charge in [0.25, 0.3) is 15.6 Å². The third-order valence-electron chi connectivity index (χ3n) is 6.74. The molecule has 4 aromatic rings. The number of nitrogens with zero attached hydrogens (tertiary/aromatic N) is 4. The highest BCUT2D eigenvalue weighted by atomic mass is 35.5. The molecule has 4 heterocycles. The van der Waals surface area contributed by atoms with Crippen molar-refractivity contribution in [2.45, 2.75) is 36.8 Å². The molecular formula is C27H30ClN7O4S2. The lowest BCUT2D eigenvalue weighted by atomic mass is 10.1. The molecule has 1 fully saturated rings. The van der Waals surface area contributed by atoms with E-state index in [1.165, 1.54) is 61.3 Å². The first kappa shape index (κ1) is 29.0. The monoisotopic (exact) mass is 615 g/mol. The van der Waals surface area contributed by atoms with Crippen LogP contribution in [-0.4, -0.2) is 60.1 Å². The molecule has 0 saturated carbocycles. The fourth-order valence-corrected chi connectivity index (χ4v) is 7.15. The molecule has 0 radical (unpaired) electrons. The maximum absolute atomic E-state index is 13.4. The van der Waals surface area contributed by atoms with Crippen molar-refractivity contribution >= 4 is 61.3 Å². The number of amides is 2. The molecule has 0 unspecified atom stereocenters. The van der Waals surface area contributed by atoms with Crippen LogP contribution >= 0.6 is 22.9 Å². The fraction of sp³-hybridized carbons (Fsp3) is 0.333. The summed E-state index contributed by atoms with van der Waals surface area (Å²) < 4.78 is 28.2. The highest BCUT2D eigenvalue weighted by molar-refractivity contribution is 7.92. The number of likely N-dealkylation sites (tertiary alicyclic amines) is 1. The zero-order valence-electron chi connectivity index (χ0n) is 22.4. The molecule has 0 spiro atoms. The number of aromatic nitrogens is 3. The molecule has 1 aliphatic heterocycles. The van der Waals surface area contributed by atoms with Gasteiger partial charge in [-0.1, -0.05) is 18.0 Å². The Labute approximate surface area is 246 Å². The summed E-state index contributed by atoms with van der Waals surface area (Å²) in [6.07, 6.45) is 6.28. The van der Waals surface area contributed by atoms with Crippen LogP contribution in [0.25, 0.3) is 16.7 Å². The second-order valence-electron chi connectivity index (χ2n) is 9.74. The molecule has 3 N–H and O–H groups in total. The number of anilines is 2. The molecule has 2 amide bonds. The maximum Gasteiger partial charge on any atom is 0.333 e. The molecule has 216 valence electrons. The van der Waals surface area contributed by atoms with Crippen LogP contribution in [0.3, 0.4) is 0 Å². The van der Waals surface area contributed by atoms with E-state index in [2.05, 4.69) is 25.5 Å². The normalized spacial score (nSPS) is 14.2. The van der Waals surface area contributed by atoms with E-state index in [0.717, 1.165) is 36.5 Å². The number of benzene rings is 1. The molecule has 11 nitrogen and oxygen atoms in total. The second-order valence-corrected chi connectivity index (χ2v) is 13.4. The van der Waals surface area contributed by atoms with Crippen LogP contribution in [0.5, 0.6) is 0 Å². The average molecular weight is 616 g/mol. The summed E-state index contributed by atoms with van der Waals surface area (Å²) in [7, 11) is -4.07. The number of sulfonamides is 1. The summed E-state index contributed by atoms with van der Waals surface area (Å²) in [4.78, 5) is 37.1. The summed E-state index contributed by atoms with van der Waals surface area (Å²) in [6, 6.07) is 10.4. The van der Waals surface area contributed by atoms with Gasteiger partial charge in [0.2, 0.25) is 0 Å². The number of carbonyl (C=O) groups excluding carboxylic acids is 1. The molecule has 0 atom stereocenters. The van der Waals surface area contributed by atoms with Crippen molar-refractivity contribution < 1.29 is 13.2 Å². The number of carbonyl (C=O) groups is 1. The second kappa shape index (κ2) is 12.6. The van der Waals surface area contributed by atoms with Crippen LogP contribution < -0.4 is 20.9 Å². The summed E-state index contributed by atoms with van der Waals surface area (Å²) in [5.74, 6) is 0.769. The number of nitrogens with one attached hydrogen (secondary N) is 3. The van der Waals surface area contributed by atoms with E-state index in [-0.39, 0.29) is 19.8 Å². The Hall–Kier alpha value is -3.52. The summed E-state index contributed by atoms with van der Waals surface area (Å²) >= 11 is 6.62. The Morgan fingerprint density at radius 3 is 2.56 bits per heavy atom. The van der Waals surface area contributed by atoms with Crippen molar-refractivity contribution in [2.75, 3.05) is 36.8 Å². The Morgan fingerprint density at radius 1 is 1.07 bits per heavy atom. The molecular weight excluding hydrogens is 586 g/mol. The maximum atomic E-state index is 13.4. The minimum absolute atomic E-state index is 0.0828. The highest BCUT2D eigenvalue weighted by Crippen LogP contribution is 2.25. The fourth-order valence-electron chi connectivity index (χ4n) is 4.76. The number of urea groups is 1. The van der Waals surface area contributed by atoms with Crippen molar-refractivity contribution in [2.24, 2.45) is 0 Å². The number of halogens is 1. The Balaban J connectivity index is 1.24. The Morgan fingerprint density at radius 2 is 1.85 bits per heavy atom. The van der Waals surface area contributed by atoms with Crippen LogP contribution in [0, 0.1) is 6.92 Å². The summed E-state index contributed by atoms with van der Waals surface area (Å²) in [5.41, 5.74) is 1.47. The van der Waals surface area contributed by atoms with Gasteiger partial charge >= 0.3 is 6.03 Å². The predicted molar refractivity (Wildman–Crippen MR) is 162 cm³/mol. The quantitative estimate of drug-likeness (QED) is 0.232. The molecule has 0 aliphatic carbocycles. The van der Waals surface area contributed by atoms with Crippen molar-refractivity contribution in [1.29, 1.82) is 0 Å². The molecule has 41 heavy (non-hydrogen) atoms. The first-order valence-electron chi connectivity index (χ1n) is 13.2. The number of piperidine rings is 1. The number of rotatable bonds is 9. The van der Waals surface area contributed by atoms with Crippen molar-refractivity contribution in [3.63, 3.8) is 0 Å². The van der Waals surface area contributed by atoms with E-state index < -0.39 is 16.1 Å². The molecule has 3 aromatic heterocycles. The Kier molecular flexibility index (Phi) is 8.88. The summed E-state index contributed by atoms with van der Waals surface area (Å²) in [5, 5.41) is 6.32. The van der Waals surface area contributed by atoms with Gasteiger partial charge in [0.1, 0.15) is 15.9 Å². The zero-order valence-corrected chi connectivity index (χ0v) is 24.8. The van der Waals surface area contributed by atoms with E-state index in [9.17, 15) is 18.0 Å². The molecule has 5 rings (SSSR count). The minimum atomic E-state index is -4.07. The van der Waals surface area contributed by atoms with Crippen LogP contribution in [-0.2, 0) is 10.0 Å². The van der Waals surface area contributed by atoms with Gasteiger partial charge in [-0.15, -0.1) is 11.3 Å². The van der Waals surface area contributed by atoms with Crippen molar-refractivity contribution in [3.8, 4) is 5.82 Å². The van der Waals surface area contributed by atoms with Gasteiger partial charge in [0.15, 0.2) is 0 Å². The van der Waals surface area contributed by atoms with Crippen molar-refractivity contribution in [1.82, 2.24) is 24.2 Å². The van der Waals surface area contributed by atoms with Crippen LogP contribution in [0.1, 0.15) is 31.5 Å². The zero-order chi connectivity index (χ0) is 29.0. The lowest BCUT2D eigenvalue weighted by molar-refractivity contribution is 0.228. The van der Waals surface area contributed by atoms with E-state index >= 15 is 0 Å². The third-order valence-corrected chi connectivity index (χ3v) is 9.80. The number of hydrogen-bond donors (Lipinski definition) is 3. The highest BCUT2D eigenvalue weighted by Gasteiger charge is 2.20. The lowest BCUT2D eigenvalue weighted by Gasteiger charge is -2.26. The van der Waals surface area contributed by atoms with Crippen LogP contribution in [0.2, 0.25) is 4.34 Å². The summed E-state index contributed by atoms with van der Waals surface area (Å²) in [6.45, 7) is 6.02. The number of hydrogen-bond acceptors (Lipinski definition) is 9. The number of aryl methyl sites for hydroxylation is 1. The van der Waals surface area contributed by atoms with Gasteiger partial charge in [-0.2, -0.15) is 0 Å². The van der Waals surface area contributed by atoms with E-state index in [1.54, 1.807) is 19.1 Å². The molecule has 14 heteroatoms. The van der Waals surface area contributed by atoms with Crippen LogP contribution in [0.15, 0.2) is 57.7 Å². The number of pyridine rings is 1. The minimum Gasteiger partial charge on any atom is -0.385 e. The Bertz CT molecular complexity index is 1720. The van der Waals surface area contributed by atoms with Gasteiger partial charge in [-0.3, -0.25) is 4.79 Å². The first-order valence-corrected chi connectivity index (χ1v) is 15.9. The molecule has 0 bridgehead atoms. The van der Waals surface area contributed by atoms with E-state index in [4.69, 9.17) is 11.6 Å². The average Bonchev–Trinajstić information content (AvgIpc) is 3.39. The third kappa shape index (κ3) is 7.04. The smallest absolute Gasteiger partial charge is 0.333 e. The van der Waals surface area contributed by atoms with Gasteiger partial charge < -0.3 is 15.5 Å².